The summed E-state index contributed by atoms with van der Waals surface area (Å²) in [6.45, 7) is 4.41. The first kappa shape index (κ1) is 18.0. The van der Waals surface area contributed by atoms with Crippen molar-refractivity contribution in [2.75, 3.05) is 33.2 Å². The first-order chi connectivity index (χ1) is 13.3. The van der Waals surface area contributed by atoms with E-state index in [9.17, 15) is 0 Å². The molecular formula is C21H30N6. The molecule has 0 spiro atoms. The smallest absolute Gasteiger partial charge is 0.190 e. The van der Waals surface area contributed by atoms with Gasteiger partial charge in [-0.15, -0.1) is 0 Å². The molecular weight excluding hydrogens is 336 g/mol. The Bertz CT molecular complexity index is 733. The van der Waals surface area contributed by atoms with Crippen LogP contribution in [0, 0.1) is 5.92 Å². The maximum absolute atomic E-state index is 4.36. The molecule has 1 aliphatic heterocycles. The Morgan fingerprint density at radius 1 is 1.19 bits per heavy atom. The Kier molecular flexibility index (Phi) is 5.72. The van der Waals surface area contributed by atoms with Gasteiger partial charge in [0.2, 0.25) is 0 Å². The van der Waals surface area contributed by atoms with Crippen molar-refractivity contribution in [2.45, 2.75) is 31.7 Å². The maximum atomic E-state index is 4.36. The number of hydrogen-bond donors (Lipinski definition) is 2. The van der Waals surface area contributed by atoms with Gasteiger partial charge >= 0.3 is 0 Å². The van der Waals surface area contributed by atoms with Crippen LogP contribution in [0.25, 0.3) is 5.69 Å². The van der Waals surface area contributed by atoms with Gasteiger partial charge in [0.25, 0.3) is 0 Å². The van der Waals surface area contributed by atoms with Gasteiger partial charge in [-0.1, -0.05) is 12.1 Å². The number of aliphatic imine (C=N–C) groups is 1. The highest BCUT2D eigenvalue weighted by molar-refractivity contribution is 5.79. The van der Waals surface area contributed by atoms with Gasteiger partial charge in [-0.3, -0.25) is 4.99 Å². The molecule has 27 heavy (non-hydrogen) atoms. The zero-order chi connectivity index (χ0) is 18.5. The predicted molar refractivity (Wildman–Crippen MR) is 109 cm³/mol. The van der Waals surface area contributed by atoms with Crippen LogP contribution in [0.4, 0.5) is 0 Å². The normalized spacial score (nSPS) is 20.8. The second-order valence-corrected chi connectivity index (χ2v) is 7.63. The lowest BCUT2D eigenvalue weighted by atomic mass is 10.1. The lowest BCUT2D eigenvalue weighted by molar-refractivity contribution is 0.314. The van der Waals surface area contributed by atoms with Crippen LogP contribution in [0.1, 0.15) is 24.8 Å². The van der Waals surface area contributed by atoms with Crippen molar-refractivity contribution in [3.05, 3.63) is 48.3 Å². The second kappa shape index (κ2) is 8.57. The molecule has 1 atom stereocenters. The average molecular weight is 367 g/mol. The molecule has 2 fully saturated rings. The van der Waals surface area contributed by atoms with E-state index in [-0.39, 0.29) is 0 Å². The van der Waals surface area contributed by atoms with Gasteiger partial charge in [0, 0.05) is 45.1 Å². The first-order valence-electron chi connectivity index (χ1n) is 10.1. The minimum absolute atomic E-state index is 0.749. The standard InChI is InChI=1S/C21H30N6/c1-22-21(24-15-18-10-14-26(16-18)19-7-8-19)23-12-9-17-3-5-20(6-4-17)27-13-2-11-25-27/h2-6,11,13,18-19H,7-10,12,14-16H2,1H3,(H2,22,23,24). The Balaban J connectivity index is 1.17. The van der Waals surface area contributed by atoms with Crippen LogP contribution in [0.2, 0.25) is 0 Å². The van der Waals surface area contributed by atoms with Crippen LogP contribution in [0.3, 0.4) is 0 Å². The molecule has 6 nitrogen and oxygen atoms in total. The molecule has 144 valence electrons. The molecule has 0 radical (unpaired) electrons. The molecule has 4 rings (SSSR count). The van der Waals surface area contributed by atoms with Crippen molar-refractivity contribution in [1.82, 2.24) is 25.3 Å². The summed E-state index contributed by atoms with van der Waals surface area (Å²) < 4.78 is 1.88. The number of rotatable bonds is 7. The molecule has 0 bridgehead atoms. The van der Waals surface area contributed by atoms with Crippen LogP contribution >= 0.6 is 0 Å². The lowest BCUT2D eigenvalue weighted by Gasteiger charge is -2.17. The molecule has 1 saturated heterocycles. The Morgan fingerprint density at radius 3 is 2.74 bits per heavy atom. The summed E-state index contributed by atoms with van der Waals surface area (Å²) in [5.41, 5.74) is 2.40. The number of hydrogen-bond acceptors (Lipinski definition) is 3. The number of aromatic nitrogens is 2. The lowest BCUT2D eigenvalue weighted by Crippen LogP contribution is -2.41. The minimum atomic E-state index is 0.749. The van der Waals surface area contributed by atoms with Crippen molar-refractivity contribution in [1.29, 1.82) is 0 Å². The van der Waals surface area contributed by atoms with E-state index in [4.69, 9.17) is 0 Å². The van der Waals surface area contributed by atoms with E-state index in [0.29, 0.717) is 0 Å². The van der Waals surface area contributed by atoms with Gasteiger partial charge < -0.3 is 15.5 Å². The third-order valence-corrected chi connectivity index (χ3v) is 5.57. The predicted octanol–water partition coefficient (Wildman–Crippen LogP) is 2.06. The summed E-state index contributed by atoms with van der Waals surface area (Å²) in [7, 11) is 1.85. The molecule has 2 heterocycles. The first-order valence-corrected chi connectivity index (χ1v) is 10.1. The summed E-state index contributed by atoms with van der Waals surface area (Å²) in [6.07, 6.45) is 8.85. The minimum Gasteiger partial charge on any atom is -0.356 e. The summed E-state index contributed by atoms with van der Waals surface area (Å²) >= 11 is 0. The summed E-state index contributed by atoms with van der Waals surface area (Å²) in [5.74, 6) is 1.66. The number of nitrogens with zero attached hydrogens (tertiary/aromatic N) is 4. The fourth-order valence-electron chi connectivity index (χ4n) is 3.82. The molecule has 6 heteroatoms. The van der Waals surface area contributed by atoms with Crippen LogP contribution in [0.5, 0.6) is 0 Å². The van der Waals surface area contributed by atoms with Crippen molar-refractivity contribution in [3.8, 4) is 5.69 Å². The second-order valence-electron chi connectivity index (χ2n) is 7.63. The zero-order valence-corrected chi connectivity index (χ0v) is 16.1. The molecule has 1 saturated carbocycles. The Morgan fingerprint density at radius 2 is 2.04 bits per heavy atom. The molecule has 0 amide bonds. The Hall–Kier alpha value is -2.34. The molecule has 2 aromatic rings. The molecule has 1 aromatic carbocycles. The van der Waals surface area contributed by atoms with Crippen molar-refractivity contribution < 1.29 is 0 Å². The monoisotopic (exact) mass is 366 g/mol. The van der Waals surface area contributed by atoms with Crippen LogP contribution < -0.4 is 10.6 Å². The summed E-state index contributed by atoms with van der Waals surface area (Å²) in [5, 5.41) is 11.2. The van der Waals surface area contributed by atoms with Crippen LogP contribution in [-0.2, 0) is 6.42 Å². The van der Waals surface area contributed by atoms with E-state index in [1.165, 1.54) is 37.9 Å². The van der Waals surface area contributed by atoms with Crippen molar-refractivity contribution >= 4 is 5.96 Å². The maximum Gasteiger partial charge on any atom is 0.190 e. The fourth-order valence-corrected chi connectivity index (χ4v) is 3.82. The summed E-state index contributed by atoms with van der Waals surface area (Å²) in [6, 6.07) is 11.4. The number of likely N-dealkylation sites (tertiary alicyclic amines) is 1. The highest BCUT2D eigenvalue weighted by Gasteiger charge is 2.34. The third kappa shape index (κ3) is 4.89. The summed E-state index contributed by atoms with van der Waals surface area (Å²) in [4.78, 5) is 7.03. The molecule has 1 unspecified atom stereocenters. The van der Waals surface area contributed by atoms with Gasteiger partial charge in [-0.25, -0.2) is 4.68 Å². The highest BCUT2D eigenvalue weighted by Crippen LogP contribution is 2.31. The van der Waals surface area contributed by atoms with Crippen molar-refractivity contribution in [3.63, 3.8) is 0 Å². The van der Waals surface area contributed by atoms with E-state index in [1.54, 1.807) is 6.20 Å². The van der Waals surface area contributed by atoms with E-state index in [2.05, 4.69) is 49.9 Å². The van der Waals surface area contributed by atoms with E-state index in [0.717, 1.165) is 43.1 Å². The number of guanidine groups is 1. The third-order valence-electron chi connectivity index (χ3n) is 5.57. The molecule has 2 aliphatic rings. The van der Waals surface area contributed by atoms with Crippen molar-refractivity contribution in [2.24, 2.45) is 10.9 Å². The highest BCUT2D eigenvalue weighted by atomic mass is 15.3. The van der Waals surface area contributed by atoms with E-state index >= 15 is 0 Å². The van der Waals surface area contributed by atoms with Gasteiger partial charge in [0.15, 0.2) is 5.96 Å². The van der Waals surface area contributed by atoms with Gasteiger partial charge in [0.1, 0.15) is 0 Å². The van der Waals surface area contributed by atoms with E-state index < -0.39 is 0 Å². The van der Waals surface area contributed by atoms with Crippen LogP contribution in [0.15, 0.2) is 47.7 Å². The topological polar surface area (TPSA) is 57.5 Å². The molecule has 2 N–H and O–H groups in total. The number of nitrogens with one attached hydrogen (secondary N) is 2. The quantitative estimate of drug-likeness (QED) is 0.582. The van der Waals surface area contributed by atoms with Gasteiger partial charge in [-0.05, 0) is 61.9 Å². The average Bonchev–Trinajstić information content (AvgIpc) is 3.20. The Labute approximate surface area is 161 Å². The molecule has 1 aromatic heterocycles. The van der Waals surface area contributed by atoms with Crippen LogP contribution in [-0.4, -0.2) is 59.9 Å². The van der Waals surface area contributed by atoms with E-state index in [1.807, 2.05) is 24.0 Å². The zero-order valence-electron chi connectivity index (χ0n) is 16.1. The SMILES string of the molecule is CN=C(NCCc1ccc(-n2cccn2)cc1)NCC1CCN(C2CC2)C1. The van der Waals surface area contributed by atoms with Gasteiger partial charge in [-0.2, -0.15) is 5.10 Å². The van der Waals surface area contributed by atoms with Gasteiger partial charge in [0.05, 0.1) is 5.69 Å². The number of benzene rings is 1. The molecule has 1 aliphatic carbocycles. The largest absolute Gasteiger partial charge is 0.356 e. The fraction of sp³-hybridized carbons (Fsp3) is 0.524.